The fourth-order valence-corrected chi connectivity index (χ4v) is 2.17. The minimum Gasteiger partial charge on any atom is -0.506 e. The number of aromatic hydroxyl groups is 1. The summed E-state index contributed by atoms with van der Waals surface area (Å²) in [6.07, 6.45) is 2.83. The highest BCUT2D eigenvalue weighted by molar-refractivity contribution is 6.10. The Bertz CT molecular complexity index is 921. The molecule has 0 saturated heterocycles. The van der Waals surface area contributed by atoms with E-state index in [0.717, 1.165) is 5.56 Å². The molecule has 0 radical (unpaired) electrons. The van der Waals surface area contributed by atoms with Crippen LogP contribution in [-0.2, 0) is 0 Å². The molecular weight excluding hydrogens is 304 g/mol. The van der Waals surface area contributed by atoms with E-state index in [1.807, 2.05) is 44.2 Å². The van der Waals surface area contributed by atoms with Crippen molar-refractivity contribution in [1.29, 1.82) is 0 Å². The number of hydrogen-bond acceptors (Lipinski definition) is 4. The minimum atomic E-state index is -0.848. The lowest BCUT2D eigenvalue weighted by molar-refractivity contribution is 0.104. The van der Waals surface area contributed by atoms with Gasteiger partial charge < -0.3 is 9.52 Å². The van der Waals surface area contributed by atoms with Gasteiger partial charge in [0.1, 0.15) is 16.9 Å². The molecule has 0 saturated carbocycles. The molecule has 1 heterocycles. The third kappa shape index (κ3) is 3.60. The summed E-state index contributed by atoms with van der Waals surface area (Å²) in [6, 6.07) is 15.7. The largest absolute Gasteiger partial charge is 0.506 e. The van der Waals surface area contributed by atoms with Crippen molar-refractivity contribution in [2.45, 2.75) is 13.8 Å². The van der Waals surface area contributed by atoms with Crippen LogP contribution < -0.4 is 5.63 Å². The number of benzene rings is 2. The number of carbonyl (C=O) groups is 1. The molecule has 0 aliphatic heterocycles. The van der Waals surface area contributed by atoms with Crippen LogP contribution in [0, 0.1) is 0 Å². The van der Waals surface area contributed by atoms with Gasteiger partial charge in [0.15, 0.2) is 5.78 Å². The van der Waals surface area contributed by atoms with Crippen LogP contribution in [0.3, 0.4) is 0 Å². The zero-order valence-corrected chi connectivity index (χ0v) is 13.5. The number of fused-ring (bicyclic) bond motifs is 1. The molecule has 0 bridgehead atoms. The van der Waals surface area contributed by atoms with Crippen LogP contribution in [0.4, 0.5) is 0 Å². The molecule has 0 unspecified atom stereocenters. The molecule has 3 aromatic rings. The smallest absolute Gasteiger partial charge is 0.351 e. The Morgan fingerprint density at radius 3 is 2.33 bits per heavy atom. The summed E-state index contributed by atoms with van der Waals surface area (Å²) in [5.74, 6) is -0.949. The normalized spacial score (nSPS) is 10.4. The summed E-state index contributed by atoms with van der Waals surface area (Å²) in [7, 11) is 0. The van der Waals surface area contributed by atoms with Crippen molar-refractivity contribution < 1.29 is 14.3 Å². The van der Waals surface area contributed by atoms with Crippen LogP contribution >= 0.6 is 0 Å². The second-order valence-corrected chi connectivity index (χ2v) is 4.72. The molecule has 1 N–H and O–H groups in total. The van der Waals surface area contributed by atoms with Gasteiger partial charge >= 0.3 is 5.63 Å². The Kier molecular flexibility index (Phi) is 5.68. The van der Waals surface area contributed by atoms with Gasteiger partial charge in [-0.3, -0.25) is 4.79 Å². The average molecular weight is 322 g/mol. The second kappa shape index (κ2) is 7.92. The molecule has 0 aliphatic rings. The maximum absolute atomic E-state index is 12.2. The quantitative estimate of drug-likeness (QED) is 0.440. The summed E-state index contributed by atoms with van der Waals surface area (Å²) in [5.41, 5.74) is -0.140. The van der Waals surface area contributed by atoms with Crippen LogP contribution in [-0.4, -0.2) is 10.9 Å². The van der Waals surface area contributed by atoms with Crippen molar-refractivity contribution in [3.8, 4) is 5.75 Å². The van der Waals surface area contributed by atoms with Crippen molar-refractivity contribution in [2.75, 3.05) is 0 Å². The minimum absolute atomic E-state index is 0.244. The SMILES string of the molecule is CC.O=C(/C=C/c1ccccc1)c1c(O)c2ccccc2oc1=O. The predicted molar refractivity (Wildman–Crippen MR) is 95.3 cm³/mol. The van der Waals surface area contributed by atoms with Gasteiger partial charge in [-0.2, -0.15) is 0 Å². The van der Waals surface area contributed by atoms with Crippen LogP contribution in [0.1, 0.15) is 29.8 Å². The molecule has 0 amide bonds. The van der Waals surface area contributed by atoms with Crippen LogP contribution in [0.2, 0.25) is 0 Å². The van der Waals surface area contributed by atoms with Crippen LogP contribution in [0.5, 0.6) is 5.75 Å². The van der Waals surface area contributed by atoms with Crippen molar-refractivity contribution in [1.82, 2.24) is 0 Å². The van der Waals surface area contributed by atoms with E-state index < -0.39 is 11.4 Å². The van der Waals surface area contributed by atoms with E-state index in [1.54, 1.807) is 30.3 Å². The van der Waals surface area contributed by atoms with Crippen molar-refractivity contribution in [2.24, 2.45) is 0 Å². The Labute approximate surface area is 139 Å². The number of allylic oxidation sites excluding steroid dienone is 1. The highest BCUT2D eigenvalue weighted by Gasteiger charge is 2.18. The standard InChI is InChI=1S/C18H12O4.C2H6/c19-14(11-10-12-6-2-1-3-7-12)16-17(20)13-8-4-5-9-15(13)22-18(16)21;1-2/h1-11,20H;1-2H3/b11-10+;. The second-order valence-electron chi connectivity index (χ2n) is 4.72. The molecule has 0 spiro atoms. The van der Waals surface area contributed by atoms with Crippen molar-refractivity contribution >= 4 is 22.8 Å². The molecule has 24 heavy (non-hydrogen) atoms. The lowest BCUT2D eigenvalue weighted by Crippen LogP contribution is -2.12. The van der Waals surface area contributed by atoms with Crippen molar-refractivity contribution in [3.05, 3.63) is 82.2 Å². The number of hydrogen-bond donors (Lipinski definition) is 1. The summed E-state index contributed by atoms with van der Waals surface area (Å²) < 4.78 is 5.08. The first-order valence-electron chi connectivity index (χ1n) is 7.69. The van der Waals surface area contributed by atoms with E-state index in [9.17, 15) is 14.7 Å². The molecule has 3 rings (SSSR count). The summed E-state index contributed by atoms with van der Waals surface area (Å²) in [4.78, 5) is 24.1. The number of ketones is 1. The molecule has 0 fully saturated rings. The molecule has 4 heteroatoms. The molecule has 0 atom stereocenters. The first-order chi connectivity index (χ1) is 11.7. The van der Waals surface area contributed by atoms with E-state index in [4.69, 9.17) is 4.42 Å². The summed E-state index contributed by atoms with van der Waals surface area (Å²) in [6.45, 7) is 4.00. The van der Waals surface area contributed by atoms with Gasteiger partial charge in [0.05, 0.1) is 5.39 Å². The maximum Gasteiger partial charge on any atom is 0.351 e. The van der Waals surface area contributed by atoms with Gasteiger partial charge in [-0.1, -0.05) is 62.4 Å². The lowest BCUT2D eigenvalue weighted by Gasteiger charge is -2.03. The molecule has 4 nitrogen and oxygen atoms in total. The lowest BCUT2D eigenvalue weighted by atomic mass is 10.1. The molecule has 122 valence electrons. The monoisotopic (exact) mass is 322 g/mol. The zero-order chi connectivity index (χ0) is 17.5. The van der Waals surface area contributed by atoms with E-state index in [0.29, 0.717) is 5.39 Å². The topological polar surface area (TPSA) is 67.5 Å². The van der Waals surface area contributed by atoms with Gasteiger partial charge in [-0.05, 0) is 23.8 Å². The summed E-state index contributed by atoms with van der Waals surface area (Å²) in [5, 5.41) is 10.5. The van der Waals surface area contributed by atoms with E-state index >= 15 is 0 Å². The zero-order valence-electron chi connectivity index (χ0n) is 13.5. The number of para-hydroxylation sites is 1. The number of rotatable bonds is 3. The Balaban J connectivity index is 0.00000100. The number of carbonyl (C=O) groups excluding carboxylic acids is 1. The molecule has 1 aromatic heterocycles. The first kappa shape index (κ1) is 17.2. The fraction of sp³-hybridized carbons (Fsp3) is 0.100. The molecule has 0 aliphatic carbocycles. The molecular formula is C20H18O4. The van der Waals surface area contributed by atoms with Gasteiger partial charge in [-0.15, -0.1) is 0 Å². The van der Waals surface area contributed by atoms with Crippen LogP contribution in [0.15, 0.2) is 69.9 Å². The predicted octanol–water partition coefficient (Wildman–Crippen LogP) is 4.42. The Morgan fingerprint density at radius 1 is 1.00 bits per heavy atom. The molecule has 2 aromatic carbocycles. The highest BCUT2D eigenvalue weighted by atomic mass is 16.4. The first-order valence-corrected chi connectivity index (χ1v) is 7.69. The van der Waals surface area contributed by atoms with Crippen LogP contribution in [0.25, 0.3) is 17.0 Å². The third-order valence-electron chi connectivity index (χ3n) is 3.26. The average Bonchev–Trinajstić information content (AvgIpc) is 2.62. The summed E-state index contributed by atoms with van der Waals surface area (Å²) >= 11 is 0. The third-order valence-corrected chi connectivity index (χ3v) is 3.26. The van der Waals surface area contributed by atoms with Gasteiger partial charge in [0.2, 0.25) is 0 Å². The highest BCUT2D eigenvalue weighted by Crippen LogP contribution is 2.26. The van der Waals surface area contributed by atoms with E-state index in [1.165, 1.54) is 6.08 Å². The van der Waals surface area contributed by atoms with E-state index in [2.05, 4.69) is 0 Å². The Hall–Kier alpha value is -3.14. The van der Waals surface area contributed by atoms with E-state index in [-0.39, 0.29) is 16.9 Å². The van der Waals surface area contributed by atoms with Gasteiger partial charge in [-0.25, -0.2) is 4.79 Å². The fourth-order valence-electron chi connectivity index (χ4n) is 2.17. The van der Waals surface area contributed by atoms with Crippen molar-refractivity contribution in [3.63, 3.8) is 0 Å². The maximum atomic E-state index is 12.2. The van der Waals surface area contributed by atoms with Gasteiger partial charge in [0, 0.05) is 0 Å². The van der Waals surface area contributed by atoms with Gasteiger partial charge in [0.25, 0.3) is 0 Å². The Morgan fingerprint density at radius 2 is 1.62 bits per heavy atom.